The Morgan fingerprint density at radius 1 is 0.711 bits per heavy atom. The maximum absolute atomic E-state index is 11.9. The van der Waals surface area contributed by atoms with Crippen LogP contribution in [0.1, 0.15) is 73.1 Å². The van der Waals surface area contributed by atoms with Crippen molar-refractivity contribution >= 4 is 23.9 Å². The van der Waals surface area contributed by atoms with Crippen LogP contribution in [0.4, 0.5) is 0 Å². The number of esters is 4. The van der Waals surface area contributed by atoms with Gasteiger partial charge in [0.2, 0.25) is 0 Å². The van der Waals surface area contributed by atoms with Crippen LogP contribution < -0.4 is 17.0 Å². The highest BCUT2D eigenvalue weighted by Gasteiger charge is 2.52. The minimum atomic E-state index is -1.23. The van der Waals surface area contributed by atoms with E-state index >= 15 is 0 Å². The summed E-state index contributed by atoms with van der Waals surface area (Å²) in [6, 6.07) is 0. The quantitative estimate of drug-likeness (QED) is 0.0978. The van der Waals surface area contributed by atoms with Crippen molar-refractivity contribution in [2.75, 3.05) is 40.4 Å². The predicted molar refractivity (Wildman–Crippen MR) is 133 cm³/mol. The van der Waals surface area contributed by atoms with Gasteiger partial charge >= 0.3 is 23.9 Å². The molecule has 12 heteroatoms. The van der Waals surface area contributed by atoms with Crippen LogP contribution in [0.25, 0.3) is 0 Å². The molecule has 0 radical (unpaired) electrons. The van der Waals surface area contributed by atoms with E-state index in [1.165, 1.54) is 59.8 Å². The molecule has 1 rings (SSSR count). The summed E-state index contributed by atoms with van der Waals surface area (Å²) in [4.78, 5) is 47.1. The number of likely N-dealkylation sites (N-methyl/N-ethyl adjacent to an activating group) is 1. The molecule has 1 aliphatic rings. The van der Waals surface area contributed by atoms with Gasteiger partial charge < -0.3 is 49.9 Å². The second-order valence-corrected chi connectivity index (χ2v) is 10.1. The first-order chi connectivity index (χ1) is 17.4. The average molecular weight is 613 g/mol. The Morgan fingerprint density at radius 2 is 1.24 bits per heavy atom. The molecule has 5 atom stereocenters. The maximum Gasteiger partial charge on any atom is 0.303 e. The van der Waals surface area contributed by atoms with Gasteiger partial charge in [-0.05, 0) is 12.8 Å². The van der Waals surface area contributed by atoms with Crippen LogP contribution in [0.15, 0.2) is 0 Å². The predicted octanol–water partition coefficient (Wildman–Crippen LogP) is -0.473. The van der Waals surface area contributed by atoms with Crippen molar-refractivity contribution in [3.05, 3.63) is 0 Å². The van der Waals surface area contributed by atoms with Crippen molar-refractivity contribution in [2.45, 2.75) is 104 Å². The first kappa shape index (κ1) is 36.2. The van der Waals surface area contributed by atoms with Crippen molar-refractivity contribution in [1.82, 2.24) is 0 Å². The molecule has 1 heterocycles. The lowest BCUT2D eigenvalue weighted by atomic mass is 9.98. The van der Waals surface area contributed by atoms with Gasteiger partial charge in [-0.3, -0.25) is 19.2 Å². The number of hydrogen-bond donors (Lipinski definition) is 0. The van der Waals surface area contributed by atoms with Gasteiger partial charge in [0.1, 0.15) is 19.3 Å². The summed E-state index contributed by atoms with van der Waals surface area (Å²) in [6.45, 7) is 8.61. The molecular formula is C26H46BrNO10. The zero-order chi connectivity index (χ0) is 28.0. The van der Waals surface area contributed by atoms with Crippen LogP contribution in [0.2, 0.25) is 0 Å². The second-order valence-electron chi connectivity index (χ2n) is 10.1. The Kier molecular flexibility index (Phi) is 17.7. The van der Waals surface area contributed by atoms with Crippen LogP contribution >= 0.6 is 0 Å². The molecule has 0 amide bonds. The van der Waals surface area contributed by atoms with Crippen molar-refractivity contribution in [2.24, 2.45) is 0 Å². The first-order valence-electron chi connectivity index (χ1n) is 13.1. The van der Waals surface area contributed by atoms with E-state index in [1.54, 1.807) is 0 Å². The zero-order valence-electron chi connectivity index (χ0n) is 23.9. The van der Waals surface area contributed by atoms with Crippen LogP contribution in [-0.4, -0.2) is 99.5 Å². The largest absolute Gasteiger partial charge is 1.00 e. The van der Waals surface area contributed by atoms with Crippen molar-refractivity contribution in [3.8, 4) is 0 Å². The molecule has 0 aromatic heterocycles. The maximum atomic E-state index is 11.9. The highest BCUT2D eigenvalue weighted by Crippen LogP contribution is 2.30. The molecule has 0 aromatic carbocycles. The van der Waals surface area contributed by atoms with Crippen molar-refractivity contribution in [3.63, 3.8) is 0 Å². The minimum Gasteiger partial charge on any atom is -1.00 e. The van der Waals surface area contributed by atoms with Crippen molar-refractivity contribution in [1.29, 1.82) is 0 Å². The van der Waals surface area contributed by atoms with Gasteiger partial charge in [0.05, 0.1) is 27.2 Å². The molecule has 0 aromatic rings. The third-order valence-corrected chi connectivity index (χ3v) is 6.04. The normalized spacial score (nSPS) is 23.1. The molecule has 222 valence electrons. The number of quaternary nitrogens is 1. The number of ether oxygens (including phenoxy) is 6. The number of hydrogen-bond acceptors (Lipinski definition) is 10. The van der Waals surface area contributed by atoms with Crippen LogP contribution in [0, 0.1) is 0 Å². The number of unbranched alkanes of at least 4 members (excludes halogenated alkanes) is 5. The van der Waals surface area contributed by atoms with E-state index in [-0.39, 0.29) is 30.2 Å². The van der Waals surface area contributed by atoms with E-state index in [2.05, 4.69) is 21.0 Å². The molecule has 1 fully saturated rings. The fourth-order valence-corrected chi connectivity index (χ4v) is 4.17. The summed E-state index contributed by atoms with van der Waals surface area (Å²) in [7, 11) is 4.23. The average Bonchev–Trinajstić information content (AvgIpc) is 2.77. The number of nitrogens with zero attached hydrogens (tertiary/aromatic N) is 1. The number of halogens is 1. The van der Waals surface area contributed by atoms with E-state index in [9.17, 15) is 19.2 Å². The zero-order valence-corrected chi connectivity index (χ0v) is 25.5. The summed E-state index contributed by atoms with van der Waals surface area (Å²) in [5.74, 6) is -2.57. The number of carbonyl (C=O) groups is 4. The molecule has 1 saturated heterocycles. The lowest BCUT2D eigenvalue weighted by Gasteiger charge is -2.44. The van der Waals surface area contributed by atoms with Crippen LogP contribution in [-0.2, 0) is 47.6 Å². The highest BCUT2D eigenvalue weighted by molar-refractivity contribution is 5.68. The van der Waals surface area contributed by atoms with Gasteiger partial charge in [0.25, 0.3) is 0 Å². The van der Waals surface area contributed by atoms with Crippen LogP contribution in [0.3, 0.4) is 0 Å². The molecule has 1 aliphatic heterocycles. The van der Waals surface area contributed by atoms with Gasteiger partial charge in [0.15, 0.2) is 24.6 Å². The monoisotopic (exact) mass is 611 g/mol. The van der Waals surface area contributed by atoms with Gasteiger partial charge in [0, 0.05) is 27.7 Å². The van der Waals surface area contributed by atoms with E-state index in [0.717, 1.165) is 17.4 Å². The van der Waals surface area contributed by atoms with E-state index in [1.807, 2.05) is 0 Å². The van der Waals surface area contributed by atoms with Crippen LogP contribution in [0.5, 0.6) is 0 Å². The van der Waals surface area contributed by atoms with Gasteiger partial charge in [-0.2, -0.15) is 0 Å². The third-order valence-electron chi connectivity index (χ3n) is 6.04. The topological polar surface area (TPSA) is 124 Å². The fourth-order valence-electron chi connectivity index (χ4n) is 4.17. The summed E-state index contributed by atoms with van der Waals surface area (Å²) in [5, 5.41) is 0. The van der Waals surface area contributed by atoms with Crippen molar-refractivity contribution < 1.29 is 69.1 Å². The second kappa shape index (κ2) is 18.5. The summed E-state index contributed by atoms with van der Waals surface area (Å²) in [5.41, 5.74) is 0. The Morgan fingerprint density at radius 3 is 1.79 bits per heavy atom. The Hall–Kier alpha value is -1.76. The Labute approximate surface area is 237 Å². The Bertz CT molecular complexity index is 748. The first-order valence-corrected chi connectivity index (χ1v) is 13.1. The molecule has 0 unspecified atom stereocenters. The number of carbonyl (C=O) groups excluding carboxylic acids is 4. The standard InChI is InChI=1S/C26H46NO10.BrH/c1-8-9-10-11-12-13-14-27(6,7)15-16-32-26-25(36-21(5)31)24(35-20(4)30)23(34-19(3)29)22(37-26)17-33-18(2)28;/h22-26H,8-17H2,1-7H3;1H/q+1;/p-1/t22-,23-,24+,25-,26-;/m1./s1. The SMILES string of the molecule is CCCCCCCC[N+](C)(C)CCO[C@@H]1O[C@H](COC(C)=O)[C@@H](OC(C)=O)[C@H](OC(C)=O)[C@H]1OC(C)=O.[Br-]. The molecule has 0 saturated carbocycles. The molecule has 0 spiro atoms. The number of rotatable bonds is 16. The van der Waals surface area contributed by atoms with E-state index in [4.69, 9.17) is 28.4 Å². The lowest BCUT2D eigenvalue weighted by Crippen LogP contribution is -3.00. The molecule has 11 nitrogen and oxygen atoms in total. The summed E-state index contributed by atoms with van der Waals surface area (Å²) in [6.07, 6.45) is 1.49. The fraction of sp³-hybridized carbons (Fsp3) is 0.846. The van der Waals surface area contributed by atoms with Gasteiger partial charge in [-0.1, -0.05) is 32.6 Å². The molecule has 0 aliphatic carbocycles. The molecular weight excluding hydrogens is 566 g/mol. The van der Waals surface area contributed by atoms with E-state index < -0.39 is 54.6 Å². The summed E-state index contributed by atoms with van der Waals surface area (Å²) >= 11 is 0. The molecule has 38 heavy (non-hydrogen) atoms. The van der Waals surface area contributed by atoms with Gasteiger partial charge in [-0.15, -0.1) is 0 Å². The minimum absolute atomic E-state index is 0. The van der Waals surface area contributed by atoms with Gasteiger partial charge in [-0.25, -0.2) is 0 Å². The Balaban J connectivity index is 0.0000137. The third kappa shape index (κ3) is 14.4. The molecule has 0 N–H and O–H groups in total. The lowest BCUT2D eigenvalue weighted by molar-refractivity contribution is -0.891. The molecule has 0 bridgehead atoms. The summed E-state index contributed by atoms with van der Waals surface area (Å²) < 4.78 is 34.0. The smallest absolute Gasteiger partial charge is 0.303 e. The highest BCUT2D eigenvalue weighted by atomic mass is 79.9. The van der Waals surface area contributed by atoms with E-state index in [0.29, 0.717) is 6.54 Å².